The van der Waals surface area contributed by atoms with E-state index in [1.807, 2.05) is 76.2 Å². The Morgan fingerprint density at radius 1 is 1.18 bits per heavy atom. The molecular weight excluding hydrogens is 512 g/mol. The van der Waals surface area contributed by atoms with Crippen LogP contribution in [0.15, 0.2) is 63.6 Å². The van der Waals surface area contributed by atoms with Gasteiger partial charge < -0.3 is 9.08 Å². The Labute approximate surface area is 210 Å². The molecule has 0 saturated heterocycles. The van der Waals surface area contributed by atoms with E-state index in [4.69, 9.17) is 4.52 Å². The van der Waals surface area contributed by atoms with Crippen LogP contribution < -0.4 is 4.72 Å². The average Bonchev–Trinajstić information content (AvgIpc) is 3.22. The van der Waals surface area contributed by atoms with Crippen molar-refractivity contribution in [1.29, 1.82) is 5.26 Å². The van der Waals surface area contributed by atoms with E-state index in [0.717, 1.165) is 37.9 Å². The lowest BCUT2D eigenvalue weighted by atomic mass is 9.93. The van der Waals surface area contributed by atoms with Crippen LogP contribution in [0.2, 0.25) is 0 Å². The summed E-state index contributed by atoms with van der Waals surface area (Å²) in [6.07, 6.45) is 0.460. The highest BCUT2D eigenvalue weighted by Crippen LogP contribution is 2.36. The maximum absolute atomic E-state index is 13.2. The number of fused-ring (bicyclic) bond motifs is 1. The number of benzene rings is 2. The van der Waals surface area contributed by atoms with Crippen LogP contribution in [0.3, 0.4) is 0 Å². The van der Waals surface area contributed by atoms with Gasteiger partial charge in [0, 0.05) is 38.9 Å². The number of pyridine rings is 1. The molecule has 0 fully saturated rings. The van der Waals surface area contributed by atoms with Gasteiger partial charge in [0.05, 0.1) is 6.04 Å². The molecule has 4 aromatic rings. The van der Waals surface area contributed by atoms with Crippen molar-refractivity contribution in [2.45, 2.75) is 44.9 Å². The highest BCUT2D eigenvalue weighted by molar-refractivity contribution is 9.10. The molecule has 0 aliphatic heterocycles. The molecule has 1 N–H and O–H groups in total. The molecule has 0 aliphatic rings. The fraction of sp³-hybridized carbons (Fsp3) is 0.269. The van der Waals surface area contributed by atoms with Crippen molar-refractivity contribution in [2.75, 3.05) is 0 Å². The number of aryl methyl sites for hydroxylation is 1. The van der Waals surface area contributed by atoms with Crippen LogP contribution in [0.25, 0.3) is 22.2 Å². The van der Waals surface area contributed by atoms with Crippen LogP contribution in [0, 0.1) is 18.3 Å². The van der Waals surface area contributed by atoms with Gasteiger partial charge in [0.1, 0.15) is 22.2 Å². The summed E-state index contributed by atoms with van der Waals surface area (Å²) in [5.74, 6) is 0. The van der Waals surface area contributed by atoms with Crippen molar-refractivity contribution in [2.24, 2.45) is 0 Å². The third kappa shape index (κ3) is 5.18. The molecule has 2 atom stereocenters. The van der Waals surface area contributed by atoms with Gasteiger partial charge in [0.2, 0.25) is 0 Å². The summed E-state index contributed by atoms with van der Waals surface area (Å²) in [7, 11) is 0. The second-order valence-electron chi connectivity index (χ2n) is 9.09. The minimum atomic E-state index is -1.33. The number of nitrogens with one attached hydrogen (secondary N) is 1. The van der Waals surface area contributed by atoms with Crippen LogP contribution in [-0.4, -0.2) is 19.4 Å². The fourth-order valence-electron chi connectivity index (χ4n) is 3.68. The van der Waals surface area contributed by atoms with Crippen molar-refractivity contribution in [3.8, 4) is 17.3 Å². The number of rotatable bonds is 6. The predicted octanol–water partition coefficient (Wildman–Crippen LogP) is 6.17. The van der Waals surface area contributed by atoms with Crippen molar-refractivity contribution in [3.05, 3.63) is 81.6 Å². The van der Waals surface area contributed by atoms with E-state index < -0.39 is 16.1 Å². The third-order valence-electron chi connectivity index (χ3n) is 5.54. The fourth-order valence-corrected chi connectivity index (χ4v) is 4.84. The molecule has 0 aliphatic carbocycles. The summed E-state index contributed by atoms with van der Waals surface area (Å²) in [6, 6.07) is 19.1. The van der Waals surface area contributed by atoms with Crippen LogP contribution in [-0.2, 0) is 17.8 Å². The number of nitrogens with zero attached hydrogens (tertiary/aromatic N) is 3. The zero-order valence-corrected chi connectivity index (χ0v) is 21.8. The average molecular weight is 537 g/mol. The molecule has 0 amide bonds. The number of aromatic nitrogens is 2. The maximum atomic E-state index is 13.2. The first kappa shape index (κ1) is 24.4. The van der Waals surface area contributed by atoms with E-state index in [1.54, 1.807) is 6.07 Å². The van der Waals surface area contributed by atoms with Gasteiger partial charge in [-0.15, -0.1) is 4.72 Å². The summed E-state index contributed by atoms with van der Waals surface area (Å²) in [5.41, 5.74) is 5.34. The predicted molar refractivity (Wildman–Crippen MR) is 138 cm³/mol. The molecular formula is C26H25BrN4O2S. The zero-order valence-electron chi connectivity index (χ0n) is 19.4. The minimum absolute atomic E-state index is 0.335. The SMILES string of the molecule is Cc1ccc(C#N)nc1C[C@H](N[S+]([O-])C(C)(C)C)c1ccccc1-c1noc2cc(Br)ccc12. The highest BCUT2D eigenvalue weighted by Gasteiger charge is 2.32. The van der Waals surface area contributed by atoms with Gasteiger partial charge in [-0.2, -0.15) is 5.26 Å². The Morgan fingerprint density at radius 2 is 1.94 bits per heavy atom. The van der Waals surface area contributed by atoms with Crippen LogP contribution in [0.1, 0.15) is 49.3 Å². The van der Waals surface area contributed by atoms with E-state index in [-0.39, 0.29) is 6.04 Å². The van der Waals surface area contributed by atoms with Gasteiger partial charge in [-0.3, -0.25) is 0 Å². The first-order valence-electron chi connectivity index (χ1n) is 10.9. The topological polar surface area (TPSA) is 97.8 Å². The van der Waals surface area contributed by atoms with Gasteiger partial charge in [0.15, 0.2) is 5.58 Å². The Morgan fingerprint density at radius 3 is 2.68 bits per heavy atom. The Kier molecular flexibility index (Phi) is 7.10. The lowest BCUT2D eigenvalue weighted by Gasteiger charge is -2.29. The summed E-state index contributed by atoms with van der Waals surface area (Å²) in [4.78, 5) is 4.54. The molecule has 6 nitrogen and oxygen atoms in total. The first-order chi connectivity index (χ1) is 16.2. The van der Waals surface area contributed by atoms with Crippen LogP contribution in [0.5, 0.6) is 0 Å². The lowest BCUT2D eigenvalue weighted by molar-refractivity contribution is 0.459. The molecule has 2 aromatic heterocycles. The van der Waals surface area contributed by atoms with Gasteiger partial charge in [0.25, 0.3) is 0 Å². The normalized spacial score (nSPS) is 13.6. The molecule has 8 heteroatoms. The highest BCUT2D eigenvalue weighted by atomic mass is 79.9. The Bertz CT molecular complexity index is 1370. The summed E-state index contributed by atoms with van der Waals surface area (Å²) >= 11 is 2.14. The second kappa shape index (κ2) is 9.88. The number of halogens is 1. The van der Waals surface area contributed by atoms with Crippen molar-refractivity contribution < 1.29 is 9.08 Å². The smallest absolute Gasteiger partial charge is 0.168 e. The molecule has 34 heavy (non-hydrogen) atoms. The van der Waals surface area contributed by atoms with Gasteiger partial charge in [-0.25, -0.2) is 4.98 Å². The van der Waals surface area contributed by atoms with E-state index >= 15 is 0 Å². The molecule has 2 heterocycles. The van der Waals surface area contributed by atoms with E-state index in [0.29, 0.717) is 17.7 Å². The quantitative estimate of drug-likeness (QED) is 0.296. The van der Waals surface area contributed by atoms with Crippen molar-refractivity contribution in [1.82, 2.24) is 14.9 Å². The molecule has 0 saturated carbocycles. The molecule has 0 radical (unpaired) electrons. The summed E-state index contributed by atoms with van der Waals surface area (Å²) < 4.78 is 22.6. The Balaban J connectivity index is 1.83. The largest absolute Gasteiger partial charge is 0.598 e. The van der Waals surface area contributed by atoms with Gasteiger partial charge in [-0.1, -0.05) is 51.4 Å². The molecule has 0 spiro atoms. The monoisotopic (exact) mass is 536 g/mol. The molecule has 174 valence electrons. The van der Waals surface area contributed by atoms with Crippen LogP contribution in [0.4, 0.5) is 0 Å². The van der Waals surface area contributed by atoms with E-state index in [9.17, 15) is 9.81 Å². The van der Waals surface area contributed by atoms with E-state index in [1.165, 1.54) is 0 Å². The standard InChI is InChI=1S/C26H25BrN4O2S/c1-16-9-11-18(15-28)29-22(16)14-23(31-34(32)26(2,3)4)19-7-5-6-8-20(19)25-21-12-10-17(27)13-24(21)33-30-25/h5-13,23,31H,14H2,1-4H3/t23-,34?/m0/s1. The summed E-state index contributed by atoms with van der Waals surface area (Å²) in [6.45, 7) is 7.77. The molecule has 4 rings (SSSR count). The number of nitriles is 1. The van der Waals surface area contributed by atoms with Gasteiger partial charge in [-0.05, 0) is 63.1 Å². The van der Waals surface area contributed by atoms with Crippen molar-refractivity contribution >= 4 is 38.3 Å². The van der Waals surface area contributed by atoms with E-state index in [2.05, 4.69) is 36.9 Å². The second-order valence-corrected chi connectivity index (χ2v) is 12.0. The third-order valence-corrected chi connectivity index (χ3v) is 7.65. The van der Waals surface area contributed by atoms with Gasteiger partial charge >= 0.3 is 0 Å². The minimum Gasteiger partial charge on any atom is -0.598 e. The molecule has 2 aromatic carbocycles. The zero-order chi connectivity index (χ0) is 24.5. The summed E-state index contributed by atoms with van der Waals surface area (Å²) in [5, 5.41) is 14.6. The molecule has 0 bridgehead atoms. The number of hydrogen-bond donors (Lipinski definition) is 1. The molecule has 1 unspecified atom stereocenters. The number of hydrogen-bond acceptors (Lipinski definition) is 6. The van der Waals surface area contributed by atoms with Crippen molar-refractivity contribution in [3.63, 3.8) is 0 Å². The lowest BCUT2D eigenvalue weighted by Crippen LogP contribution is -2.42. The van der Waals surface area contributed by atoms with Crippen LogP contribution >= 0.6 is 15.9 Å². The first-order valence-corrected chi connectivity index (χ1v) is 12.8. The Hall–Kier alpha value is -2.70. The maximum Gasteiger partial charge on any atom is 0.168 e.